The smallest absolute Gasteiger partial charge is 0.264 e. The van der Waals surface area contributed by atoms with Gasteiger partial charge in [-0.1, -0.05) is 43.9 Å². The minimum atomic E-state index is -1.02. The maximum Gasteiger partial charge on any atom is 0.264 e. The van der Waals surface area contributed by atoms with E-state index in [9.17, 15) is 33.9 Å². The van der Waals surface area contributed by atoms with E-state index in [1.54, 1.807) is 48.7 Å². The number of amides is 5. The van der Waals surface area contributed by atoms with Gasteiger partial charge in [-0.25, -0.2) is 4.98 Å². The number of ether oxygens (including phenoxy) is 5. The fourth-order valence-electron chi connectivity index (χ4n) is 9.06. The molecule has 7 rings (SSSR count). The molecule has 70 heavy (non-hydrogen) atoms. The number of hydrogen-bond acceptors (Lipinski definition) is 16. The highest BCUT2D eigenvalue weighted by atomic mass is 16.6. The van der Waals surface area contributed by atoms with E-state index in [0.717, 1.165) is 74.5 Å². The van der Waals surface area contributed by atoms with E-state index in [-0.39, 0.29) is 41.4 Å². The van der Waals surface area contributed by atoms with Crippen LogP contribution in [-0.4, -0.2) is 159 Å². The molecule has 2 aromatic carbocycles. The third-order valence-corrected chi connectivity index (χ3v) is 12.7. The van der Waals surface area contributed by atoms with E-state index >= 15 is 0 Å². The van der Waals surface area contributed by atoms with E-state index in [1.807, 2.05) is 18.3 Å². The molecule has 1 unspecified atom stereocenters. The molecule has 3 atom stereocenters. The molecule has 0 spiro atoms. The number of aromatic hydroxyl groups is 1. The van der Waals surface area contributed by atoms with Gasteiger partial charge in [0.1, 0.15) is 23.4 Å². The summed E-state index contributed by atoms with van der Waals surface area (Å²) in [5.41, 5.74) is 1.19. The van der Waals surface area contributed by atoms with Gasteiger partial charge in [-0.3, -0.25) is 39.0 Å². The monoisotopic (exact) mass is 967 g/mol. The zero-order valence-electron chi connectivity index (χ0n) is 39.7. The van der Waals surface area contributed by atoms with Crippen LogP contribution in [0, 0.1) is 0 Å². The number of nitrogens with zero attached hydrogens (tertiary/aromatic N) is 4. The molecule has 2 bridgehead atoms. The fraction of sp³-hybridized carbons (Fsp3) is 0.510. The minimum absolute atomic E-state index is 0.00979. The molecule has 5 heterocycles. The Hall–Kier alpha value is -6.41. The molecule has 4 aliphatic rings. The van der Waals surface area contributed by atoms with Crippen molar-refractivity contribution in [3.63, 3.8) is 0 Å². The number of carbonyl (C=O) groups is 6. The van der Waals surface area contributed by atoms with Crippen LogP contribution in [0.2, 0.25) is 0 Å². The zero-order valence-corrected chi connectivity index (χ0v) is 39.7. The van der Waals surface area contributed by atoms with Crippen molar-refractivity contribution in [3.05, 3.63) is 89.8 Å². The molecule has 3 fully saturated rings. The number of rotatable bonds is 31. The highest BCUT2D eigenvalue weighted by Gasteiger charge is 2.46. The standard InChI is InChI=1S/C51H65N7O12/c59-43-13-7-6-10-39(43)44(60)18-22-56-34-37-32-36(56)35-57(37)45-33-38(17-19-53-45)70-23-8-4-2-1-3-5-14-46(61)54-21-25-67-27-29-69-31-30-68-28-26-66-24-20-52-41-12-9-11-40-48(41)51(65)58(50(40)64)42-15-16-47(62)55-49(42)63/h6-7,9-13,17-19,22,33,36-37,42,52,59H,1-5,8,14-16,20-21,23-32,34-35H2,(H,54,61)(H,55,62,63)/b22-18+/t36-,37-,42?/m1/s1. The Balaban J connectivity index is 0.614. The number of piperazine rings is 1. The van der Waals surface area contributed by atoms with E-state index in [0.29, 0.717) is 102 Å². The van der Waals surface area contributed by atoms with Gasteiger partial charge in [0, 0.05) is 81.3 Å². The van der Waals surface area contributed by atoms with Crippen LogP contribution >= 0.6 is 0 Å². The van der Waals surface area contributed by atoms with Crippen molar-refractivity contribution >= 4 is 46.8 Å². The number of benzene rings is 2. The summed E-state index contributed by atoms with van der Waals surface area (Å²) in [4.78, 5) is 85.0. The molecule has 0 radical (unpaired) electrons. The van der Waals surface area contributed by atoms with E-state index in [1.165, 1.54) is 6.07 Å². The second-order valence-corrected chi connectivity index (χ2v) is 17.6. The number of fused-ring (bicyclic) bond motifs is 3. The number of hydrogen-bond donors (Lipinski definition) is 4. The van der Waals surface area contributed by atoms with Crippen molar-refractivity contribution < 1.29 is 57.6 Å². The van der Waals surface area contributed by atoms with Gasteiger partial charge in [0.15, 0.2) is 5.78 Å². The molecular weight excluding hydrogens is 903 g/mol. The summed E-state index contributed by atoms with van der Waals surface area (Å²) in [5, 5.41) is 18.2. The Bertz CT molecular complexity index is 2310. The summed E-state index contributed by atoms with van der Waals surface area (Å²) >= 11 is 0. The first-order valence-electron chi connectivity index (χ1n) is 24.5. The van der Waals surface area contributed by atoms with Crippen LogP contribution in [0.1, 0.15) is 95.3 Å². The average Bonchev–Trinajstić information content (AvgIpc) is 4.04. The number of pyridine rings is 1. The number of piperidine rings is 1. The van der Waals surface area contributed by atoms with Gasteiger partial charge in [0.2, 0.25) is 17.7 Å². The largest absolute Gasteiger partial charge is 0.507 e. The number of unbranched alkanes of at least 4 members (excludes halogenated alkanes) is 5. The normalized spacial score (nSPS) is 18.5. The Kier molecular flexibility index (Phi) is 19.5. The molecule has 4 N–H and O–H groups in total. The summed E-state index contributed by atoms with van der Waals surface area (Å²) in [7, 11) is 0. The van der Waals surface area contributed by atoms with E-state index in [2.05, 4.69) is 30.7 Å². The lowest BCUT2D eigenvalue weighted by molar-refractivity contribution is -0.136. The summed E-state index contributed by atoms with van der Waals surface area (Å²) in [6.07, 6.45) is 12.9. The molecule has 5 amide bonds. The predicted molar refractivity (Wildman–Crippen MR) is 258 cm³/mol. The number of allylic oxidation sites excluding steroid dienone is 1. The average molecular weight is 968 g/mol. The van der Waals surface area contributed by atoms with Crippen LogP contribution in [-0.2, 0) is 33.3 Å². The van der Waals surface area contributed by atoms with Gasteiger partial charge < -0.3 is 49.2 Å². The number of anilines is 2. The zero-order chi connectivity index (χ0) is 49.1. The van der Waals surface area contributed by atoms with Gasteiger partial charge in [0.25, 0.3) is 11.8 Å². The van der Waals surface area contributed by atoms with Crippen molar-refractivity contribution in [3.8, 4) is 11.5 Å². The van der Waals surface area contributed by atoms with Gasteiger partial charge in [-0.2, -0.15) is 0 Å². The molecule has 1 aromatic heterocycles. The molecule has 3 aromatic rings. The number of carbonyl (C=O) groups excluding carboxylic acids is 6. The quantitative estimate of drug-likeness (QED) is 0.0306. The Morgan fingerprint density at radius 3 is 2.21 bits per heavy atom. The molecule has 3 saturated heterocycles. The lowest BCUT2D eigenvalue weighted by Gasteiger charge is -2.34. The lowest BCUT2D eigenvalue weighted by atomic mass is 10.0. The summed E-state index contributed by atoms with van der Waals surface area (Å²) < 4.78 is 28.3. The number of ketones is 1. The first kappa shape index (κ1) is 51.4. The number of aromatic nitrogens is 1. The highest BCUT2D eigenvalue weighted by molar-refractivity contribution is 6.25. The number of nitrogens with one attached hydrogen (secondary N) is 3. The van der Waals surface area contributed by atoms with Gasteiger partial charge in [-0.15, -0.1) is 0 Å². The Morgan fingerprint density at radius 2 is 1.49 bits per heavy atom. The second-order valence-electron chi connectivity index (χ2n) is 17.6. The Morgan fingerprint density at radius 1 is 0.771 bits per heavy atom. The van der Waals surface area contributed by atoms with Crippen LogP contribution in [0.5, 0.6) is 11.5 Å². The summed E-state index contributed by atoms with van der Waals surface area (Å²) in [6, 6.07) is 15.0. The lowest BCUT2D eigenvalue weighted by Crippen LogP contribution is -2.54. The number of para-hydroxylation sites is 1. The summed E-state index contributed by atoms with van der Waals surface area (Å²) in [5.74, 6) is -0.657. The Labute approximate surface area is 408 Å². The van der Waals surface area contributed by atoms with E-state index < -0.39 is 29.7 Å². The third kappa shape index (κ3) is 14.3. The molecule has 376 valence electrons. The van der Waals surface area contributed by atoms with E-state index in [4.69, 9.17) is 23.7 Å². The maximum absolute atomic E-state index is 13.2. The van der Waals surface area contributed by atoms with Crippen LogP contribution in [0.3, 0.4) is 0 Å². The first-order chi connectivity index (χ1) is 34.2. The fourth-order valence-corrected chi connectivity index (χ4v) is 9.06. The van der Waals surface area contributed by atoms with Crippen molar-refractivity contribution in [2.24, 2.45) is 0 Å². The SMILES string of the molecule is O=C(CCCCCCCCOc1ccnc(N2C[C@H]3C[C@@H]2CN3/C=C/C(=O)c2ccccc2O)c1)NCCOCCOCCOCCOCCNc1cccc2c1C(=O)N(C1CCC(=O)NC1=O)C2=O. The first-order valence-corrected chi connectivity index (χ1v) is 24.5. The second kappa shape index (κ2) is 26.5. The minimum Gasteiger partial charge on any atom is -0.507 e. The molecular formula is C51H65N7O12. The molecule has 4 aliphatic heterocycles. The predicted octanol–water partition coefficient (Wildman–Crippen LogP) is 4.25. The van der Waals surface area contributed by atoms with Crippen LogP contribution in [0.25, 0.3) is 0 Å². The molecule has 0 aliphatic carbocycles. The number of phenols is 1. The number of imide groups is 2. The van der Waals surface area contributed by atoms with Crippen molar-refractivity contribution in [1.29, 1.82) is 0 Å². The van der Waals surface area contributed by atoms with Crippen molar-refractivity contribution in [1.82, 2.24) is 25.4 Å². The van der Waals surface area contributed by atoms with Crippen LogP contribution < -0.4 is 25.6 Å². The molecule has 19 heteroatoms. The van der Waals surface area contributed by atoms with Gasteiger partial charge >= 0.3 is 0 Å². The van der Waals surface area contributed by atoms with Crippen LogP contribution in [0.4, 0.5) is 11.5 Å². The van der Waals surface area contributed by atoms with Gasteiger partial charge in [0.05, 0.1) is 76.2 Å². The number of phenolic OH excluding ortho intramolecular Hbond substituents is 1. The topological polar surface area (TPSA) is 228 Å². The van der Waals surface area contributed by atoms with Crippen molar-refractivity contribution in [2.75, 3.05) is 95.9 Å². The highest BCUT2D eigenvalue weighted by Crippen LogP contribution is 2.35. The summed E-state index contributed by atoms with van der Waals surface area (Å²) in [6.45, 7) is 6.18. The molecule has 19 nitrogen and oxygen atoms in total. The number of likely N-dealkylation sites (tertiary alicyclic amines) is 1. The van der Waals surface area contributed by atoms with Gasteiger partial charge in [-0.05, 0) is 56.0 Å². The third-order valence-electron chi connectivity index (χ3n) is 12.7. The maximum atomic E-state index is 13.2. The van der Waals surface area contributed by atoms with Crippen LogP contribution in [0.15, 0.2) is 73.1 Å². The molecule has 0 saturated carbocycles. The van der Waals surface area contributed by atoms with Crippen molar-refractivity contribution in [2.45, 2.75) is 82.3 Å².